The topological polar surface area (TPSA) is 52.6 Å². The highest BCUT2D eigenvalue weighted by atomic mass is 35.5. The molecule has 2 aromatic rings. The van der Waals surface area contributed by atoms with Gasteiger partial charge >= 0.3 is 11.9 Å². The number of benzene rings is 2. The van der Waals surface area contributed by atoms with Gasteiger partial charge in [0.05, 0.1) is 16.5 Å². The standard InChI is InChI=1S/C28H33ClO4/c1-2-3-4-7-19-10-12-20(13-11-19)27(30)32-23-14-15-25(26(29)18-23)28(31)33-24-16-21-8-5-6-9-22(21)17-24/h5-6,8-9,14-15,18-20,24H,2-4,7,10-13,16-17H2,1H3/t19-,20-. The van der Waals surface area contributed by atoms with E-state index in [1.54, 1.807) is 12.1 Å². The first-order valence-electron chi connectivity index (χ1n) is 12.3. The molecule has 176 valence electrons. The van der Waals surface area contributed by atoms with Crippen molar-refractivity contribution in [1.29, 1.82) is 0 Å². The summed E-state index contributed by atoms with van der Waals surface area (Å²) in [6.07, 6.45) is 10.3. The van der Waals surface area contributed by atoms with Crippen molar-refractivity contribution in [2.24, 2.45) is 11.8 Å². The normalized spacial score (nSPS) is 20.3. The van der Waals surface area contributed by atoms with Crippen LogP contribution in [0.1, 0.15) is 79.8 Å². The first-order valence-corrected chi connectivity index (χ1v) is 12.7. The lowest BCUT2D eigenvalue weighted by molar-refractivity contribution is -0.140. The van der Waals surface area contributed by atoms with Crippen molar-refractivity contribution >= 4 is 23.5 Å². The second kappa shape index (κ2) is 11.2. The fourth-order valence-electron chi connectivity index (χ4n) is 5.11. The Labute approximate surface area is 201 Å². The van der Waals surface area contributed by atoms with Gasteiger partial charge in [-0.3, -0.25) is 4.79 Å². The maximum absolute atomic E-state index is 12.7. The van der Waals surface area contributed by atoms with Crippen molar-refractivity contribution in [3.8, 4) is 5.75 Å². The number of carbonyl (C=O) groups is 2. The molecule has 0 spiro atoms. The second-order valence-electron chi connectivity index (χ2n) is 9.48. The molecule has 0 saturated heterocycles. The van der Waals surface area contributed by atoms with Gasteiger partial charge in [0, 0.05) is 18.9 Å². The Morgan fingerprint density at radius 2 is 1.67 bits per heavy atom. The largest absolute Gasteiger partial charge is 0.458 e. The van der Waals surface area contributed by atoms with E-state index in [4.69, 9.17) is 21.1 Å². The van der Waals surface area contributed by atoms with E-state index in [9.17, 15) is 9.59 Å². The molecule has 0 N–H and O–H groups in total. The highest BCUT2D eigenvalue weighted by Gasteiger charge is 2.28. The van der Waals surface area contributed by atoms with Gasteiger partial charge in [0.2, 0.25) is 0 Å². The van der Waals surface area contributed by atoms with Gasteiger partial charge in [-0.15, -0.1) is 0 Å². The van der Waals surface area contributed by atoms with E-state index in [0.717, 1.165) is 44.4 Å². The highest BCUT2D eigenvalue weighted by Crippen LogP contribution is 2.34. The third-order valence-electron chi connectivity index (χ3n) is 7.06. The van der Waals surface area contributed by atoms with Crippen LogP contribution in [0, 0.1) is 11.8 Å². The number of fused-ring (bicyclic) bond motifs is 1. The quantitative estimate of drug-likeness (QED) is 0.239. The van der Waals surface area contributed by atoms with Crippen molar-refractivity contribution in [3.63, 3.8) is 0 Å². The molecule has 0 atom stereocenters. The molecular formula is C28H33ClO4. The van der Waals surface area contributed by atoms with E-state index in [1.165, 1.54) is 42.9 Å². The Morgan fingerprint density at radius 3 is 2.30 bits per heavy atom. The minimum atomic E-state index is -0.447. The molecule has 33 heavy (non-hydrogen) atoms. The molecule has 0 amide bonds. The molecule has 0 bridgehead atoms. The van der Waals surface area contributed by atoms with E-state index >= 15 is 0 Å². The summed E-state index contributed by atoms with van der Waals surface area (Å²) in [5.74, 6) is 0.418. The number of halogens is 1. The molecular weight excluding hydrogens is 436 g/mol. The van der Waals surface area contributed by atoms with Crippen molar-refractivity contribution in [1.82, 2.24) is 0 Å². The van der Waals surface area contributed by atoms with Gasteiger partial charge in [-0.05, 0) is 54.9 Å². The molecule has 4 nitrogen and oxygen atoms in total. The second-order valence-corrected chi connectivity index (χ2v) is 9.89. The van der Waals surface area contributed by atoms with Gasteiger partial charge in [0.1, 0.15) is 11.9 Å². The molecule has 1 saturated carbocycles. The zero-order valence-electron chi connectivity index (χ0n) is 19.4. The van der Waals surface area contributed by atoms with Crippen molar-refractivity contribution in [2.45, 2.75) is 77.2 Å². The van der Waals surface area contributed by atoms with E-state index in [2.05, 4.69) is 19.1 Å². The zero-order valence-corrected chi connectivity index (χ0v) is 20.1. The van der Waals surface area contributed by atoms with Crippen LogP contribution < -0.4 is 4.74 Å². The average Bonchev–Trinajstić information content (AvgIpc) is 3.22. The van der Waals surface area contributed by atoms with Crippen LogP contribution in [0.15, 0.2) is 42.5 Å². The number of esters is 2. The summed E-state index contributed by atoms with van der Waals surface area (Å²) < 4.78 is 11.3. The number of hydrogen-bond acceptors (Lipinski definition) is 4. The number of unbranched alkanes of at least 4 members (excludes halogenated alkanes) is 2. The fourth-order valence-corrected chi connectivity index (χ4v) is 5.36. The van der Waals surface area contributed by atoms with Crippen molar-refractivity contribution in [2.75, 3.05) is 0 Å². The van der Waals surface area contributed by atoms with Gasteiger partial charge in [-0.1, -0.05) is 68.5 Å². The maximum Gasteiger partial charge on any atom is 0.339 e. The van der Waals surface area contributed by atoms with Crippen LogP contribution in [0.25, 0.3) is 0 Å². The number of rotatable bonds is 8. The maximum atomic E-state index is 12.7. The Morgan fingerprint density at radius 1 is 0.970 bits per heavy atom. The number of hydrogen-bond donors (Lipinski definition) is 0. The smallest absolute Gasteiger partial charge is 0.339 e. The molecule has 1 fully saturated rings. The lowest BCUT2D eigenvalue weighted by atomic mass is 9.80. The first-order chi connectivity index (χ1) is 16.0. The van der Waals surface area contributed by atoms with Crippen molar-refractivity contribution in [3.05, 3.63) is 64.2 Å². The van der Waals surface area contributed by atoms with Gasteiger partial charge in [0.25, 0.3) is 0 Å². The molecule has 2 aliphatic carbocycles. The lowest BCUT2D eigenvalue weighted by Gasteiger charge is -2.27. The third kappa shape index (κ3) is 6.17. The van der Waals surface area contributed by atoms with Gasteiger partial charge in [-0.25, -0.2) is 4.79 Å². The summed E-state index contributed by atoms with van der Waals surface area (Å²) in [4.78, 5) is 25.3. The summed E-state index contributed by atoms with van der Waals surface area (Å²) in [7, 11) is 0. The van der Waals surface area contributed by atoms with Crippen LogP contribution >= 0.6 is 11.6 Å². The summed E-state index contributed by atoms with van der Waals surface area (Å²) in [5, 5.41) is 0.237. The lowest BCUT2D eigenvalue weighted by Crippen LogP contribution is -2.25. The van der Waals surface area contributed by atoms with Crippen LogP contribution in [0.5, 0.6) is 5.75 Å². The molecule has 0 radical (unpaired) electrons. The summed E-state index contributed by atoms with van der Waals surface area (Å²) in [6, 6.07) is 12.9. The van der Waals surface area contributed by atoms with E-state index < -0.39 is 5.97 Å². The van der Waals surface area contributed by atoms with Gasteiger partial charge < -0.3 is 9.47 Å². The summed E-state index contributed by atoms with van der Waals surface area (Å²) >= 11 is 6.36. The minimum Gasteiger partial charge on any atom is -0.458 e. The van der Waals surface area contributed by atoms with Crippen LogP contribution in [0.2, 0.25) is 5.02 Å². The molecule has 2 aliphatic rings. The van der Waals surface area contributed by atoms with E-state index in [-0.39, 0.29) is 23.0 Å². The average molecular weight is 469 g/mol. The minimum absolute atomic E-state index is 0.0557. The number of ether oxygens (including phenoxy) is 2. The van der Waals surface area contributed by atoms with Gasteiger partial charge in [0.15, 0.2) is 0 Å². The Hall–Kier alpha value is -2.33. The van der Waals surface area contributed by atoms with Gasteiger partial charge in [-0.2, -0.15) is 0 Å². The zero-order chi connectivity index (χ0) is 23.2. The number of carbonyl (C=O) groups excluding carboxylic acids is 2. The summed E-state index contributed by atoms with van der Waals surface area (Å²) in [5.41, 5.74) is 2.73. The SMILES string of the molecule is CCCCC[C@H]1CC[C@H](C(=O)Oc2ccc(C(=O)OC3Cc4ccccc4C3)c(Cl)c2)CC1. The molecule has 0 heterocycles. The van der Waals surface area contributed by atoms with Crippen LogP contribution in [-0.2, 0) is 22.4 Å². The van der Waals surface area contributed by atoms with E-state index in [0.29, 0.717) is 11.3 Å². The fraction of sp³-hybridized carbons (Fsp3) is 0.500. The Balaban J connectivity index is 1.27. The Bertz CT molecular complexity index is 953. The summed E-state index contributed by atoms with van der Waals surface area (Å²) in [6.45, 7) is 2.23. The monoisotopic (exact) mass is 468 g/mol. The molecule has 5 heteroatoms. The van der Waals surface area contributed by atoms with Crippen LogP contribution in [0.4, 0.5) is 0 Å². The predicted octanol–water partition coefficient (Wildman–Crippen LogP) is 6.96. The predicted molar refractivity (Wildman–Crippen MR) is 130 cm³/mol. The van der Waals surface area contributed by atoms with Crippen LogP contribution in [0.3, 0.4) is 0 Å². The third-order valence-corrected chi connectivity index (χ3v) is 7.37. The molecule has 0 aliphatic heterocycles. The molecule has 2 aromatic carbocycles. The van der Waals surface area contributed by atoms with Crippen LogP contribution in [-0.4, -0.2) is 18.0 Å². The molecule has 4 rings (SSSR count). The molecule has 0 unspecified atom stereocenters. The molecule has 0 aromatic heterocycles. The first kappa shape index (κ1) is 23.8. The highest BCUT2D eigenvalue weighted by molar-refractivity contribution is 6.33. The van der Waals surface area contributed by atoms with E-state index in [1.807, 2.05) is 12.1 Å². The van der Waals surface area contributed by atoms with Crippen molar-refractivity contribution < 1.29 is 19.1 Å². The Kier molecular flexibility index (Phi) is 8.08.